The Morgan fingerprint density at radius 3 is 2.57 bits per heavy atom. The van der Waals surface area contributed by atoms with Crippen LogP contribution in [-0.2, 0) is 0 Å². The molecule has 0 N–H and O–H groups in total. The Hall–Kier alpha value is -3.16. The maximum absolute atomic E-state index is 13.0. The van der Waals surface area contributed by atoms with Crippen LogP contribution in [0.3, 0.4) is 0 Å². The normalized spacial score (nSPS) is 11.2. The molecule has 0 saturated heterocycles. The molecular weight excluding hydrogens is 654 g/mol. The Morgan fingerprint density at radius 1 is 1.14 bits per heavy atom. The zero-order valence-corrected chi connectivity index (χ0v) is 22.8. The quantitative estimate of drug-likeness (QED) is 0.141. The number of hydrogen-bond donors (Lipinski definition) is 0. The molecule has 0 spiro atoms. The van der Waals surface area contributed by atoms with Crippen LogP contribution in [0.15, 0.2) is 65.9 Å². The number of halogens is 3. The summed E-state index contributed by atoms with van der Waals surface area (Å²) >= 11 is 10.4. The number of pyridine rings is 1. The molecule has 0 bridgehead atoms. The van der Waals surface area contributed by atoms with Gasteiger partial charge in [-0.05, 0) is 63.0 Å². The summed E-state index contributed by atoms with van der Waals surface area (Å²) in [4.78, 5) is 31.7. The Morgan fingerprint density at radius 2 is 1.91 bits per heavy atom. The highest BCUT2D eigenvalue weighted by atomic mass is 79.9. The fourth-order valence-electron chi connectivity index (χ4n) is 3.11. The minimum atomic E-state index is -0.547. The molecule has 13 heteroatoms. The predicted molar refractivity (Wildman–Crippen MR) is 141 cm³/mol. The smallest absolute Gasteiger partial charge is 0.287 e. The van der Waals surface area contributed by atoms with E-state index < -0.39 is 4.92 Å². The second-order valence-corrected chi connectivity index (χ2v) is 9.52. The number of fused-ring (bicyclic) bond motifs is 1. The van der Waals surface area contributed by atoms with Crippen molar-refractivity contribution < 1.29 is 14.4 Å². The van der Waals surface area contributed by atoms with Gasteiger partial charge in [0.05, 0.1) is 33.6 Å². The number of benzene rings is 2. The molecule has 4 aromatic rings. The third-order valence-electron chi connectivity index (χ3n) is 4.80. The van der Waals surface area contributed by atoms with Crippen molar-refractivity contribution in [1.82, 2.24) is 14.6 Å². The first kappa shape index (κ1) is 24.9. The van der Waals surface area contributed by atoms with Gasteiger partial charge in [-0.25, -0.2) is 9.97 Å². The molecule has 35 heavy (non-hydrogen) atoms. The van der Waals surface area contributed by atoms with Gasteiger partial charge in [0.15, 0.2) is 11.5 Å². The zero-order valence-electron chi connectivity index (χ0n) is 18.0. The van der Waals surface area contributed by atoms with Crippen LogP contribution in [0.25, 0.3) is 10.9 Å². The van der Waals surface area contributed by atoms with Crippen LogP contribution in [0.4, 0.5) is 5.69 Å². The predicted octanol–water partition coefficient (Wildman–Crippen LogP) is 5.98. The van der Waals surface area contributed by atoms with Crippen LogP contribution in [0.2, 0.25) is 0 Å². The average molecular weight is 668 g/mol. The van der Waals surface area contributed by atoms with Gasteiger partial charge in [0.1, 0.15) is 12.0 Å². The van der Waals surface area contributed by atoms with E-state index in [1.54, 1.807) is 25.1 Å². The van der Waals surface area contributed by atoms with Crippen LogP contribution in [0, 0.1) is 17.0 Å². The lowest BCUT2D eigenvalue weighted by molar-refractivity contribution is -0.385. The lowest BCUT2D eigenvalue weighted by Gasteiger charge is -2.14. The van der Waals surface area contributed by atoms with Crippen molar-refractivity contribution in [3.05, 3.63) is 87.9 Å². The van der Waals surface area contributed by atoms with E-state index in [9.17, 15) is 14.9 Å². The van der Waals surface area contributed by atoms with Crippen molar-refractivity contribution >= 4 is 70.6 Å². The largest absolute Gasteiger partial charge is 0.493 e. The first-order valence-corrected chi connectivity index (χ1v) is 12.1. The second kappa shape index (κ2) is 10.2. The van der Waals surface area contributed by atoms with Gasteiger partial charge in [-0.1, -0.05) is 15.9 Å². The van der Waals surface area contributed by atoms with Gasteiger partial charge in [0, 0.05) is 26.6 Å². The van der Waals surface area contributed by atoms with Crippen molar-refractivity contribution in [2.24, 2.45) is 5.10 Å². The molecule has 0 aliphatic rings. The summed E-state index contributed by atoms with van der Waals surface area (Å²) in [5, 5.41) is 15.6. The molecule has 0 amide bonds. The summed E-state index contributed by atoms with van der Waals surface area (Å²) in [6, 6.07) is 9.61. The molecule has 0 atom stereocenters. The topological polar surface area (TPSA) is 122 Å². The molecule has 0 saturated carbocycles. The number of ether oxygens (including phenoxy) is 2. The molecule has 2 aromatic carbocycles. The van der Waals surface area contributed by atoms with Gasteiger partial charge in [-0.3, -0.25) is 14.9 Å². The summed E-state index contributed by atoms with van der Waals surface area (Å²) in [7, 11) is 1.46. The highest BCUT2D eigenvalue weighted by Crippen LogP contribution is 2.44. The average Bonchev–Trinajstić information content (AvgIpc) is 2.84. The highest BCUT2D eigenvalue weighted by Gasteiger charge is 2.19. The maximum Gasteiger partial charge on any atom is 0.287 e. The summed E-state index contributed by atoms with van der Waals surface area (Å²) in [6.45, 7) is 1.69. The van der Waals surface area contributed by atoms with E-state index in [4.69, 9.17) is 9.47 Å². The van der Waals surface area contributed by atoms with Crippen molar-refractivity contribution in [3.63, 3.8) is 0 Å². The molecule has 0 unspecified atom stereocenters. The third-order valence-corrected chi connectivity index (χ3v) is 7.43. The summed E-state index contributed by atoms with van der Waals surface area (Å²) in [6.07, 6.45) is 2.59. The molecule has 2 heterocycles. The van der Waals surface area contributed by atoms with Gasteiger partial charge < -0.3 is 9.47 Å². The van der Waals surface area contributed by atoms with Gasteiger partial charge in [-0.15, -0.1) is 0 Å². The SMILES string of the molecule is COc1cc(C=Nn2c(C)nc3ccc(Br)cc3c2=O)c(Br)c(Br)c1Oc1ccc([N+](=O)[O-])cn1. The van der Waals surface area contributed by atoms with E-state index in [0.717, 1.165) is 10.7 Å². The zero-order chi connectivity index (χ0) is 25.3. The lowest BCUT2D eigenvalue weighted by Crippen LogP contribution is -2.20. The Kier molecular flexibility index (Phi) is 7.28. The molecule has 10 nitrogen and oxygen atoms in total. The number of aryl methyl sites for hydroxylation is 1. The van der Waals surface area contributed by atoms with Gasteiger partial charge in [-0.2, -0.15) is 9.78 Å². The van der Waals surface area contributed by atoms with E-state index in [2.05, 4.69) is 62.9 Å². The molecular formula is C22H14Br3N5O5. The van der Waals surface area contributed by atoms with Crippen LogP contribution in [-0.4, -0.2) is 32.9 Å². The number of aromatic nitrogens is 3. The Balaban J connectivity index is 1.72. The second-order valence-electron chi connectivity index (χ2n) is 7.02. The Labute approximate surface area is 223 Å². The van der Waals surface area contributed by atoms with Gasteiger partial charge >= 0.3 is 0 Å². The molecule has 0 radical (unpaired) electrons. The summed E-state index contributed by atoms with van der Waals surface area (Å²) < 4.78 is 14.3. The van der Waals surface area contributed by atoms with Crippen molar-refractivity contribution in [3.8, 4) is 17.4 Å². The molecule has 178 valence electrons. The van der Waals surface area contributed by atoms with Crippen LogP contribution >= 0.6 is 47.8 Å². The van der Waals surface area contributed by atoms with Crippen LogP contribution in [0.1, 0.15) is 11.4 Å². The van der Waals surface area contributed by atoms with Gasteiger partial charge in [0.25, 0.3) is 11.2 Å². The molecule has 0 aliphatic heterocycles. The number of nitrogens with zero attached hydrogens (tertiary/aromatic N) is 5. The minimum absolute atomic E-state index is 0.137. The molecule has 0 fully saturated rings. The first-order chi connectivity index (χ1) is 16.7. The number of rotatable bonds is 6. The Bertz CT molecular complexity index is 1550. The fraction of sp³-hybridized carbons (Fsp3) is 0.0909. The maximum atomic E-state index is 13.0. The van der Waals surface area contributed by atoms with E-state index >= 15 is 0 Å². The molecule has 0 aliphatic carbocycles. The number of nitro groups is 1. The van der Waals surface area contributed by atoms with E-state index in [1.165, 1.54) is 30.1 Å². The summed E-state index contributed by atoms with van der Waals surface area (Å²) in [5.41, 5.74) is 0.695. The molecule has 2 aromatic heterocycles. The third kappa shape index (κ3) is 5.11. The fourth-order valence-corrected chi connectivity index (χ4v) is 4.37. The molecule has 4 rings (SSSR count). The number of methoxy groups -OCH3 is 1. The minimum Gasteiger partial charge on any atom is -0.493 e. The van der Waals surface area contributed by atoms with Crippen molar-refractivity contribution in [2.75, 3.05) is 7.11 Å². The van der Waals surface area contributed by atoms with Crippen molar-refractivity contribution in [2.45, 2.75) is 6.92 Å². The highest BCUT2D eigenvalue weighted by molar-refractivity contribution is 9.13. The van der Waals surface area contributed by atoms with Crippen LogP contribution < -0.4 is 15.0 Å². The van der Waals surface area contributed by atoms with E-state index in [0.29, 0.717) is 42.7 Å². The number of hydrogen-bond acceptors (Lipinski definition) is 8. The van der Waals surface area contributed by atoms with Crippen molar-refractivity contribution in [1.29, 1.82) is 0 Å². The van der Waals surface area contributed by atoms with E-state index in [1.807, 2.05) is 6.07 Å². The lowest BCUT2D eigenvalue weighted by atomic mass is 10.2. The summed E-state index contributed by atoms with van der Waals surface area (Å²) in [5.74, 6) is 1.20. The van der Waals surface area contributed by atoms with Crippen LogP contribution in [0.5, 0.6) is 17.4 Å². The monoisotopic (exact) mass is 665 g/mol. The standard InChI is InChI=1S/C22H14Br3N5O5/c1-11-28-16-5-3-13(23)8-15(16)22(31)29(11)27-9-12-7-17(34-2)21(20(25)19(12)24)35-18-6-4-14(10-26-18)30(32)33/h3-10H,1-2H3. The van der Waals surface area contributed by atoms with E-state index in [-0.39, 0.29) is 17.1 Å². The first-order valence-electron chi connectivity index (χ1n) is 9.77. The van der Waals surface area contributed by atoms with Gasteiger partial charge in [0.2, 0.25) is 5.88 Å².